The van der Waals surface area contributed by atoms with Gasteiger partial charge in [-0.2, -0.15) is 0 Å². The fraction of sp³-hybridized carbons (Fsp3) is 0.235. The van der Waals surface area contributed by atoms with Crippen LogP contribution in [0, 0.1) is 0 Å². The number of carbonyl (C=O) groups excluding carboxylic acids is 2. The number of pyridine rings is 1. The number of ether oxygens (including phenoxy) is 2. The molecule has 1 atom stereocenters. The number of esters is 1. The van der Waals surface area contributed by atoms with Crippen LogP contribution in [0.1, 0.15) is 11.1 Å². The van der Waals surface area contributed by atoms with Gasteiger partial charge in [-0.3, -0.25) is 0 Å². The Morgan fingerprint density at radius 2 is 1.96 bits per heavy atom. The minimum absolute atomic E-state index is 0.126. The van der Waals surface area contributed by atoms with E-state index in [1.165, 1.54) is 7.11 Å². The molecule has 0 bridgehead atoms. The second kappa shape index (κ2) is 9.02. The van der Waals surface area contributed by atoms with E-state index >= 15 is 0 Å². The van der Waals surface area contributed by atoms with Gasteiger partial charge in [-0.25, -0.2) is 14.6 Å². The minimum Gasteiger partial charge on any atom is -0.467 e. The van der Waals surface area contributed by atoms with E-state index in [0.29, 0.717) is 4.60 Å². The molecule has 2 rings (SSSR count). The van der Waals surface area contributed by atoms with Gasteiger partial charge in [0.15, 0.2) is 0 Å². The summed E-state index contributed by atoms with van der Waals surface area (Å²) < 4.78 is 10.5. The number of nitrogens with zero attached hydrogens (tertiary/aromatic N) is 1. The van der Waals surface area contributed by atoms with E-state index in [0.717, 1.165) is 11.1 Å². The highest BCUT2D eigenvalue weighted by Gasteiger charge is 2.22. The van der Waals surface area contributed by atoms with Gasteiger partial charge in [-0.05, 0) is 39.2 Å². The second-order valence-electron chi connectivity index (χ2n) is 4.97. The summed E-state index contributed by atoms with van der Waals surface area (Å²) in [4.78, 5) is 27.9. The van der Waals surface area contributed by atoms with Gasteiger partial charge >= 0.3 is 12.1 Å². The lowest BCUT2D eigenvalue weighted by Crippen LogP contribution is -2.43. The summed E-state index contributed by atoms with van der Waals surface area (Å²) in [7, 11) is 1.27. The number of rotatable bonds is 6. The van der Waals surface area contributed by atoms with Crippen LogP contribution < -0.4 is 5.32 Å². The van der Waals surface area contributed by atoms with Crippen molar-refractivity contribution in [2.45, 2.75) is 19.1 Å². The summed E-state index contributed by atoms with van der Waals surface area (Å²) >= 11 is 3.27. The second-order valence-corrected chi connectivity index (χ2v) is 5.79. The van der Waals surface area contributed by atoms with Crippen molar-refractivity contribution in [2.24, 2.45) is 0 Å². The van der Waals surface area contributed by atoms with E-state index < -0.39 is 18.1 Å². The summed E-state index contributed by atoms with van der Waals surface area (Å²) in [6.45, 7) is 0.126. The molecule has 1 N–H and O–H groups in total. The van der Waals surface area contributed by atoms with Gasteiger partial charge in [0.2, 0.25) is 0 Å². The predicted octanol–water partition coefficient (Wildman–Crippen LogP) is 2.85. The van der Waals surface area contributed by atoms with Crippen molar-refractivity contribution in [3.8, 4) is 0 Å². The lowest BCUT2D eigenvalue weighted by molar-refractivity contribution is -0.143. The Morgan fingerprint density at radius 1 is 1.21 bits per heavy atom. The zero-order chi connectivity index (χ0) is 17.4. The Hall–Kier alpha value is -2.41. The molecular formula is C17H17BrN2O4. The Morgan fingerprint density at radius 3 is 2.62 bits per heavy atom. The molecule has 0 spiro atoms. The number of methoxy groups -OCH3 is 1. The zero-order valence-corrected chi connectivity index (χ0v) is 14.7. The van der Waals surface area contributed by atoms with E-state index in [4.69, 9.17) is 9.47 Å². The quantitative estimate of drug-likeness (QED) is 0.603. The number of halogens is 1. The first kappa shape index (κ1) is 17.9. The molecule has 1 aromatic heterocycles. The number of aromatic nitrogens is 1. The maximum absolute atomic E-state index is 11.9. The molecule has 1 aromatic carbocycles. The number of hydrogen-bond donors (Lipinski definition) is 1. The van der Waals surface area contributed by atoms with Gasteiger partial charge in [0.25, 0.3) is 0 Å². The van der Waals surface area contributed by atoms with E-state index in [-0.39, 0.29) is 13.0 Å². The Bertz CT molecular complexity index is 694. The molecule has 6 nitrogen and oxygen atoms in total. The van der Waals surface area contributed by atoms with Crippen LogP contribution in [0.3, 0.4) is 0 Å². The molecule has 7 heteroatoms. The number of alkyl carbamates (subject to hydrolysis) is 1. The van der Waals surface area contributed by atoms with Crippen molar-refractivity contribution in [1.29, 1.82) is 0 Å². The van der Waals surface area contributed by atoms with Crippen molar-refractivity contribution in [3.63, 3.8) is 0 Å². The van der Waals surface area contributed by atoms with Crippen molar-refractivity contribution in [2.75, 3.05) is 7.11 Å². The average Bonchev–Trinajstić information content (AvgIpc) is 2.59. The van der Waals surface area contributed by atoms with Crippen LogP contribution in [-0.4, -0.2) is 30.2 Å². The first-order valence-electron chi connectivity index (χ1n) is 7.24. The van der Waals surface area contributed by atoms with Gasteiger partial charge in [-0.15, -0.1) is 0 Å². The van der Waals surface area contributed by atoms with Gasteiger partial charge in [0.05, 0.1) is 7.11 Å². The Balaban J connectivity index is 1.95. The number of benzene rings is 1. The van der Waals surface area contributed by atoms with E-state index in [1.54, 1.807) is 18.3 Å². The summed E-state index contributed by atoms with van der Waals surface area (Å²) in [6.07, 6.45) is 1.21. The van der Waals surface area contributed by atoms with Crippen LogP contribution in [0.2, 0.25) is 0 Å². The van der Waals surface area contributed by atoms with Crippen LogP contribution >= 0.6 is 15.9 Å². The third kappa shape index (κ3) is 5.66. The third-order valence-electron chi connectivity index (χ3n) is 3.22. The van der Waals surface area contributed by atoms with Crippen molar-refractivity contribution in [1.82, 2.24) is 10.3 Å². The van der Waals surface area contributed by atoms with Crippen molar-refractivity contribution < 1.29 is 19.1 Å². The highest BCUT2D eigenvalue weighted by atomic mass is 79.9. The van der Waals surface area contributed by atoms with E-state index in [1.807, 2.05) is 30.3 Å². The fourth-order valence-corrected chi connectivity index (χ4v) is 2.46. The summed E-state index contributed by atoms with van der Waals surface area (Å²) in [6, 6.07) is 12.0. The van der Waals surface area contributed by atoms with E-state index in [9.17, 15) is 9.59 Å². The largest absolute Gasteiger partial charge is 0.467 e. The molecule has 1 unspecified atom stereocenters. The average molecular weight is 393 g/mol. The first-order valence-corrected chi connectivity index (χ1v) is 8.03. The lowest BCUT2D eigenvalue weighted by atomic mass is 10.1. The molecular weight excluding hydrogens is 376 g/mol. The topological polar surface area (TPSA) is 77.5 Å². The van der Waals surface area contributed by atoms with E-state index in [2.05, 4.69) is 26.2 Å². The molecule has 24 heavy (non-hydrogen) atoms. The van der Waals surface area contributed by atoms with Crippen LogP contribution in [0.5, 0.6) is 0 Å². The number of nitrogens with one attached hydrogen (secondary N) is 1. The summed E-state index contributed by atoms with van der Waals surface area (Å²) in [5, 5.41) is 2.53. The summed E-state index contributed by atoms with van der Waals surface area (Å²) in [5.41, 5.74) is 1.69. The maximum atomic E-state index is 11.9. The molecule has 0 aliphatic carbocycles. The number of amides is 1. The summed E-state index contributed by atoms with van der Waals surface area (Å²) in [5.74, 6) is -0.542. The van der Waals surface area contributed by atoms with Crippen molar-refractivity contribution >= 4 is 28.0 Å². The Kier molecular flexibility index (Phi) is 6.74. The monoisotopic (exact) mass is 392 g/mol. The Labute approximate surface area is 148 Å². The van der Waals surface area contributed by atoms with Crippen LogP contribution in [-0.2, 0) is 27.3 Å². The molecule has 0 fully saturated rings. The van der Waals surface area contributed by atoms with Crippen LogP contribution in [0.15, 0.2) is 53.3 Å². The van der Waals surface area contributed by atoms with Crippen LogP contribution in [0.25, 0.3) is 0 Å². The van der Waals surface area contributed by atoms with Crippen molar-refractivity contribution in [3.05, 3.63) is 64.4 Å². The zero-order valence-electron chi connectivity index (χ0n) is 13.1. The van der Waals surface area contributed by atoms with Gasteiger partial charge in [0.1, 0.15) is 17.3 Å². The highest BCUT2D eigenvalue weighted by Crippen LogP contribution is 2.11. The molecule has 0 radical (unpaired) electrons. The predicted molar refractivity (Wildman–Crippen MR) is 91.2 cm³/mol. The molecule has 1 heterocycles. The third-order valence-corrected chi connectivity index (χ3v) is 3.66. The standard InChI is InChI=1S/C17H17BrN2O4/c1-23-16(21)14(9-13-7-8-19-15(18)10-13)20-17(22)24-11-12-5-3-2-4-6-12/h2-8,10,14H,9,11H2,1H3,(H,20,22). The molecule has 126 valence electrons. The van der Waals surface area contributed by atoms with Gasteiger partial charge in [-0.1, -0.05) is 30.3 Å². The molecule has 0 saturated heterocycles. The number of carbonyl (C=O) groups is 2. The SMILES string of the molecule is COC(=O)C(Cc1ccnc(Br)c1)NC(=O)OCc1ccccc1. The smallest absolute Gasteiger partial charge is 0.408 e. The normalized spacial score (nSPS) is 11.4. The minimum atomic E-state index is -0.840. The lowest BCUT2D eigenvalue weighted by Gasteiger charge is -2.16. The molecule has 0 saturated carbocycles. The fourth-order valence-electron chi connectivity index (χ4n) is 2.05. The van der Waals surface area contributed by atoms with Crippen LogP contribution in [0.4, 0.5) is 4.79 Å². The molecule has 0 aliphatic heterocycles. The molecule has 2 aromatic rings. The number of hydrogen-bond acceptors (Lipinski definition) is 5. The molecule has 0 aliphatic rings. The van der Waals surface area contributed by atoms with Gasteiger partial charge < -0.3 is 14.8 Å². The van der Waals surface area contributed by atoms with Gasteiger partial charge in [0, 0.05) is 12.6 Å². The first-order chi connectivity index (χ1) is 11.6. The molecule has 1 amide bonds. The maximum Gasteiger partial charge on any atom is 0.408 e. The highest BCUT2D eigenvalue weighted by molar-refractivity contribution is 9.10.